The molecule has 2 aromatic rings. The van der Waals surface area contributed by atoms with E-state index in [-0.39, 0.29) is 23.1 Å². The van der Waals surface area contributed by atoms with Crippen LogP contribution in [-0.4, -0.2) is 48.5 Å². The molecule has 1 heterocycles. The number of amides is 1. The van der Waals surface area contributed by atoms with Crippen molar-refractivity contribution in [2.24, 2.45) is 0 Å². The molecule has 27 heavy (non-hydrogen) atoms. The quantitative estimate of drug-likeness (QED) is 0.648. The molecule has 0 radical (unpaired) electrons. The first-order chi connectivity index (χ1) is 13.0. The Labute approximate surface area is 158 Å². The Morgan fingerprint density at radius 3 is 2.30 bits per heavy atom. The third-order valence-electron chi connectivity index (χ3n) is 4.95. The molecule has 0 aliphatic carbocycles. The van der Waals surface area contributed by atoms with Crippen molar-refractivity contribution in [3.8, 4) is 0 Å². The number of rotatable bonds is 5. The number of nitro benzene ring substituents is 1. The van der Waals surface area contributed by atoms with Gasteiger partial charge in [-0.2, -0.15) is 0 Å². The zero-order valence-electron chi connectivity index (χ0n) is 15.6. The molecule has 142 valence electrons. The van der Waals surface area contributed by atoms with Crippen molar-refractivity contribution in [1.82, 2.24) is 4.90 Å². The molecule has 1 aliphatic heterocycles. The number of nitro groups is 1. The third-order valence-corrected chi connectivity index (χ3v) is 4.95. The van der Waals surface area contributed by atoms with Gasteiger partial charge < -0.3 is 15.1 Å². The normalized spacial score (nSPS) is 14.1. The van der Waals surface area contributed by atoms with E-state index in [9.17, 15) is 14.9 Å². The largest absolute Gasteiger partial charge is 0.376 e. The van der Waals surface area contributed by atoms with Crippen molar-refractivity contribution < 1.29 is 9.72 Å². The number of hydrogen-bond acceptors (Lipinski definition) is 5. The van der Waals surface area contributed by atoms with Gasteiger partial charge in [-0.25, -0.2) is 0 Å². The molecule has 1 fully saturated rings. The molecule has 3 rings (SSSR count). The summed E-state index contributed by atoms with van der Waals surface area (Å²) in [6.07, 6.45) is 0. The van der Waals surface area contributed by atoms with E-state index in [1.807, 2.05) is 41.8 Å². The number of hydrogen-bond donors (Lipinski definition) is 1. The summed E-state index contributed by atoms with van der Waals surface area (Å²) in [5, 5.41) is 14.5. The Balaban J connectivity index is 1.58. The van der Waals surface area contributed by atoms with Crippen LogP contribution >= 0.6 is 0 Å². The van der Waals surface area contributed by atoms with Crippen LogP contribution in [0.1, 0.15) is 11.1 Å². The zero-order chi connectivity index (χ0) is 19.4. The average molecular weight is 368 g/mol. The monoisotopic (exact) mass is 368 g/mol. The van der Waals surface area contributed by atoms with Gasteiger partial charge in [0.1, 0.15) is 5.69 Å². The molecule has 1 N–H and O–H groups in total. The summed E-state index contributed by atoms with van der Waals surface area (Å²) in [4.78, 5) is 27.2. The molecule has 1 amide bonds. The van der Waals surface area contributed by atoms with Crippen molar-refractivity contribution in [3.63, 3.8) is 0 Å². The summed E-state index contributed by atoms with van der Waals surface area (Å²) in [6, 6.07) is 12.8. The topological polar surface area (TPSA) is 78.7 Å². The predicted octanol–water partition coefficient (Wildman–Crippen LogP) is 2.97. The summed E-state index contributed by atoms with van der Waals surface area (Å²) < 4.78 is 0. The van der Waals surface area contributed by atoms with Gasteiger partial charge >= 0.3 is 0 Å². The highest BCUT2D eigenvalue weighted by atomic mass is 16.6. The average Bonchev–Trinajstić information content (AvgIpc) is 2.67. The molecular formula is C20H24N4O3. The molecular weight excluding hydrogens is 344 g/mol. The van der Waals surface area contributed by atoms with Gasteiger partial charge in [-0.1, -0.05) is 30.3 Å². The van der Waals surface area contributed by atoms with E-state index < -0.39 is 0 Å². The summed E-state index contributed by atoms with van der Waals surface area (Å²) >= 11 is 0. The van der Waals surface area contributed by atoms with Crippen LogP contribution in [0.25, 0.3) is 0 Å². The first kappa shape index (κ1) is 18.7. The van der Waals surface area contributed by atoms with E-state index in [0.29, 0.717) is 31.9 Å². The van der Waals surface area contributed by atoms with Crippen LogP contribution in [0.3, 0.4) is 0 Å². The number of aryl methyl sites for hydroxylation is 2. The van der Waals surface area contributed by atoms with Crippen molar-refractivity contribution in [1.29, 1.82) is 0 Å². The lowest BCUT2D eigenvalue weighted by atomic mass is 10.1. The fourth-order valence-electron chi connectivity index (χ4n) is 3.45. The van der Waals surface area contributed by atoms with Gasteiger partial charge in [-0.05, 0) is 31.0 Å². The summed E-state index contributed by atoms with van der Waals surface area (Å²) in [7, 11) is 0. The first-order valence-electron chi connectivity index (χ1n) is 9.03. The van der Waals surface area contributed by atoms with Crippen LogP contribution < -0.4 is 10.2 Å². The molecule has 1 aliphatic rings. The van der Waals surface area contributed by atoms with E-state index in [0.717, 1.165) is 16.8 Å². The second-order valence-corrected chi connectivity index (χ2v) is 6.73. The van der Waals surface area contributed by atoms with Crippen molar-refractivity contribution in [3.05, 3.63) is 63.7 Å². The van der Waals surface area contributed by atoms with Gasteiger partial charge in [0.05, 0.1) is 11.5 Å². The fourth-order valence-corrected chi connectivity index (χ4v) is 3.45. The Morgan fingerprint density at radius 1 is 1.04 bits per heavy atom. The lowest BCUT2D eigenvalue weighted by molar-refractivity contribution is -0.384. The standard InChI is InChI=1S/C20H24N4O3/c1-15-6-5-7-16(2)20(15)21-14-19(25)23-12-10-22(11-13-23)17-8-3-4-9-18(17)24(26)27/h3-9,21H,10-14H2,1-2H3. The molecule has 2 aromatic carbocycles. The molecule has 0 aromatic heterocycles. The number of benzene rings is 2. The number of para-hydroxylation sites is 3. The maximum atomic E-state index is 12.5. The number of anilines is 2. The first-order valence-corrected chi connectivity index (χ1v) is 9.03. The lowest BCUT2D eigenvalue weighted by Gasteiger charge is -2.36. The molecule has 0 saturated carbocycles. The van der Waals surface area contributed by atoms with E-state index in [1.54, 1.807) is 18.2 Å². The molecule has 0 bridgehead atoms. The zero-order valence-corrected chi connectivity index (χ0v) is 15.6. The van der Waals surface area contributed by atoms with Crippen molar-refractivity contribution >= 4 is 23.0 Å². The van der Waals surface area contributed by atoms with Crippen LogP contribution in [0.2, 0.25) is 0 Å². The van der Waals surface area contributed by atoms with Crippen LogP contribution in [0, 0.1) is 24.0 Å². The van der Waals surface area contributed by atoms with Gasteiger partial charge in [0.2, 0.25) is 5.91 Å². The predicted molar refractivity (Wildman–Crippen MR) is 106 cm³/mol. The molecule has 7 nitrogen and oxygen atoms in total. The lowest BCUT2D eigenvalue weighted by Crippen LogP contribution is -2.50. The van der Waals surface area contributed by atoms with Crippen LogP contribution in [0.4, 0.5) is 17.1 Å². The number of carbonyl (C=O) groups excluding carboxylic acids is 1. The van der Waals surface area contributed by atoms with Gasteiger partial charge in [0, 0.05) is 37.9 Å². The Bertz CT molecular complexity index is 825. The minimum atomic E-state index is -0.360. The number of carbonyl (C=O) groups is 1. The van der Waals surface area contributed by atoms with Gasteiger partial charge in [0.15, 0.2) is 0 Å². The van der Waals surface area contributed by atoms with Crippen molar-refractivity contribution in [2.75, 3.05) is 42.9 Å². The van der Waals surface area contributed by atoms with Crippen molar-refractivity contribution in [2.45, 2.75) is 13.8 Å². The third kappa shape index (κ3) is 4.19. The van der Waals surface area contributed by atoms with Crippen LogP contribution in [-0.2, 0) is 4.79 Å². The molecule has 0 atom stereocenters. The number of nitrogens with zero attached hydrogens (tertiary/aromatic N) is 3. The Kier molecular flexibility index (Phi) is 5.59. The highest BCUT2D eigenvalue weighted by molar-refractivity contribution is 5.82. The molecule has 7 heteroatoms. The van der Waals surface area contributed by atoms with Gasteiger partial charge in [-0.15, -0.1) is 0 Å². The van der Waals surface area contributed by atoms with Gasteiger partial charge in [0.25, 0.3) is 5.69 Å². The second-order valence-electron chi connectivity index (χ2n) is 6.73. The molecule has 0 unspecified atom stereocenters. The molecule has 0 spiro atoms. The smallest absolute Gasteiger partial charge is 0.292 e. The summed E-state index contributed by atoms with van der Waals surface area (Å²) in [6.45, 7) is 6.56. The van der Waals surface area contributed by atoms with Crippen LogP contribution in [0.15, 0.2) is 42.5 Å². The maximum absolute atomic E-state index is 12.5. The van der Waals surface area contributed by atoms with E-state index in [2.05, 4.69) is 5.32 Å². The highest BCUT2D eigenvalue weighted by Gasteiger charge is 2.25. The van der Waals surface area contributed by atoms with Crippen LogP contribution in [0.5, 0.6) is 0 Å². The highest BCUT2D eigenvalue weighted by Crippen LogP contribution is 2.28. The Morgan fingerprint density at radius 2 is 1.67 bits per heavy atom. The number of nitrogens with one attached hydrogen (secondary N) is 1. The molecule has 1 saturated heterocycles. The minimum absolute atomic E-state index is 0.0415. The number of piperazine rings is 1. The van der Waals surface area contributed by atoms with E-state index >= 15 is 0 Å². The SMILES string of the molecule is Cc1cccc(C)c1NCC(=O)N1CCN(c2ccccc2[N+](=O)[O-])CC1. The fraction of sp³-hybridized carbons (Fsp3) is 0.350. The van der Waals surface area contributed by atoms with E-state index in [4.69, 9.17) is 0 Å². The Hall–Kier alpha value is -3.09. The second kappa shape index (κ2) is 8.07. The van der Waals surface area contributed by atoms with Gasteiger partial charge in [-0.3, -0.25) is 14.9 Å². The summed E-state index contributed by atoms with van der Waals surface area (Å²) in [5.41, 5.74) is 3.95. The maximum Gasteiger partial charge on any atom is 0.292 e. The minimum Gasteiger partial charge on any atom is -0.376 e. The van der Waals surface area contributed by atoms with E-state index in [1.165, 1.54) is 6.07 Å². The summed E-state index contributed by atoms with van der Waals surface area (Å²) in [5.74, 6) is 0.0415.